The molecule has 1 aromatic carbocycles. The van der Waals surface area contributed by atoms with Crippen LogP contribution in [0.2, 0.25) is 5.02 Å². The first-order valence-electron chi connectivity index (χ1n) is 5.43. The lowest BCUT2D eigenvalue weighted by Gasteiger charge is -2.12. The number of hydrogen-bond acceptors (Lipinski definition) is 4. The van der Waals surface area contributed by atoms with Gasteiger partial charge in [0.15, 0.2) is 5.75 Å². The molecule has 0 aliphatic rings. The highest BCUT2D eigenvalue weighted by Crippen LogP contribution is 2.37. The van der Waals surface area contributed by atoms with E-state index in [1.165, 1.54) is 12.1 Å². The van der Waals surface area contributed by atoms with Crippen molar-refractivity contribution >= 4 is 63.2 Å². The highest BCUT2D eigenvalue weighted by atomic mass is 79.9. The van der Waals surface area contributed by atoms with Gasteiger partial charge >= 0.3 is 0 Å². The van der Waals surface area contributed by atoms with E-state index in [0.717, 1.165) is 10.0 Å². The SMILES string of the molecule is O=S(=O)(Cl)c1cc(Br)cc(Cl)c1OCc1cncc(Br)c1. The van der Waals surface area contributed by atoms with Crippen LogP contribution in [0.25, 0.3) is 0 Å². The molecule has 0 aliphatic carbocycles. The molecular formula is C12H7Br2Cl2NO3S. The summed E-state index contributed by atoms with van der Waals surface area (Å²) < 4.78 is 30.0. The number of ether oxygens (including phenoxy) is 1. The van der Waals surface area contributed by atoms with E-state index >= 15 is 0 Å². The molecule has 0 radical (unpaired) electrons. The van der Waals surface area contributed by atoms with Gasteiger partial charge in [-0.05, 0) is 34.1 Å². The van der Waals surface area contributed by atoms with E-state index in [-0.39, 0.29) is 22.3 Å². The molecule has 9 heteroatoms. The van der Waals surface area contributed by atoms with E-state index in [9.17, 15) is 8.42 Å². The normalized spacial score (nSPS) is 11.4. The van der Waals surface area contributed by atoms with Crippen LogP contribution < -0.4 is 4.74 Å². The Balaban J connectivity index is 2.36. The lowest BCUT2D eigenvalue weighted by atomic mass is 10.3. The Morgan fingerprint density at radius 1 is 1.14 bits per heavy atom. The Labute approximate surface area is 148 Å². The number of aromatic nitrogens is 1. The number of pyridine rings is 1. The third kappa shape index (κ3) is 4.56. The first kappa shape index (κ1) is 17.0. The Bertz CT molecular complexity index is 784. The average Bonchev–Trinajstić information content (AvgIpc) is 2.36. The molecule has 1 aromatic heterocycles. The molecule has 0 unspecified atom stereocenters. The maximum absolute atomic E-state index is 11.6. The zero-order valence-electron chi connectivity index (χ0n) is 10.2. The van der Waals surface area contributed by atoms with Crippen LogP contribution in [0.3, 0.4) is 0 Å². The summed E-state index contributed by atoms with van der Waals surface area (Å²) in [6, 6.07) is 4.67. The molecule has 21 heavy (non-hydrogen) atoms. The Hall–Kier alpha value is -0.340. The van der Waals surface area contributed by atoms with Crippen LogP contribution in [0.5, 0.6) is 5.75 Å². The number of hydrogen-bond donors (Lipinski definition) is 0. The van der Waals surface area contributed by atoms with E-state index in [2.05, 4.69) is 36.8 Å². The van der Waals surface area contributed by atoms with Crippen LogP contribution in [0, 0.1) is 0 Å². The molecule has 1 heterocycles. The molecular weight excluding hydrogens is 469 g/mol. The fraction of sp³-hybridized carbons (Fsp3) is 0.0833. The third-order valence-electron chi connectivity index (χ3n) is 2.38. The Morgan fingerprint density at radius 2 is 1.86 bits per heavy atom. The summed E-state index contributed by atoms with van der Waals surface area (Å²) in [5, 5.41) is 0.145. The Morgan fingerprint density at radius 3 is 2.48 bits per heavy atom. The van der Waals surface area contributed by atoms with Gasteiger partial charge in [0.1, 0.15) is 11.5 Å². The lowest BCUT2D eigenvalue weighted by molar-refractivity contribution is 0.298. The van der Waals surface area contributed by atoms with Crippen LogP contribution >= 0.6 is 54.1 Å². The van der Waals surface area contributed by atoms with Gasteiger partial charge in [-0.2, -0.15) is 0 Å². The molecule has 0 saturated heterocycles. The highest BCUT2D eigenvalue weighted by Gasteiger charge is 2.21. The standard InChI is InChI=1S/C12H7Br2Cl2NO3S/c13-8-2-10(15)12(11(3-8)21(16,18)19)20-6-7-1-9(14)5-17-4-7/h1-5H,6H2. The van der Waals surface area contributed by atoms with Crippen LogP contribution in [0.15, 0.2) is 44.4 Å². The van der Waals surface area contributed by atoms with Crippen molar-refractivity contribution in [3.8, 4) is 5.75 Å². The quantitative estimate of drug-likeness (QED) is 0.598. The van der Waals surface area contributed by atoms with Gasteiger partial charge in [0.2, 0.25) is 0 Å². The summed E-state index contributed by atoms with van der Waals surface area (Å²) in [6.07, 6.45) is 3.23. The van der Waals surface area contributed by atoms with Gasteiger partial charge in [0.05, 0.1) is 5.02 Å². The van der Waals surface area contributed by atoms with Crippen molar-refractivity contribution in [1.29, 1.82) is 0 Å². The third-order valence-corrected chi connectivity index (χ3v) is 4.88. The fourth-order valence-electron chi connectivity index (χ4n) is 1.55. The van der Waals surface area contributed by atoms with Gasteiger partial charge in [0, 0.05) is 37.6 Å². The zero-order chi connectivity index (χ0) is 15.6. The fourth-order valence-corrected chi connectivity index (χ4v) is 4.03. The molecule has 2 rings (SSSR count). The number of rotatable bonds is 4. The van der Waals surface area contributed by atoms with Crippen molar-refractivity contribution < 1.29 is 13.2 Å². The summed E-state index contributed by atoms with van der Waals surface area (Å²) >= 11 is 12.5. The van der Waals surface area contributed by atoms with Crippen LogP contribution in [0.1, 0.15) is 5.56 Å². The maximum Gasteiger partial charge on any atom is 0.265 e. The van der Waals surface area contributed by atoms with Crippen molar-refractivity contribution in [2.45, 2.75) is 11.5 Å². The van der Waals surface area contributed by atoms with Gasteiger partial charge < -0.3 is 4.74 Å². The van der Waals surface area contributed by atoms with Crippen LogP contribution in [0.4, 0.5) is 0 Å². The summed E-state index contributed by atoms with van der Waals surface area (Å²) in [7, 11) is 1.42. The maximum atomic E-state index is 11.6. The van der Waals surface area contributed by atoms with E-state index in [1.807, 2.05) is 0 Å². The topological polar surface area (TPSA) is 56.3 Å². The Kier molecular flexibility index (Phi) is 5.54. The molecule has 0 amide bonds. The highest BCUT2D eigenvalue weighted by molar-refractivity contribution is 9.10. The largest absolute Gasteiger partial charge is 0.486 e. The first-order valence-corrected chi connectivity index (χ1v) is 9.70. The van der Waals surface area contributed by atoms with E-state index < -0.39 is 9.05 Å². The summed E-state index contributed by atoms with van der Waals surface area (Å²) in [6.45, 7) is 0.104. The van der Waals surface area contributed by atoms with E-state index in [1.54, 1.807) is 18.5 Å². The molecule has 0 saturated carbocycles. The zero-order valence-corrected chi connectivity index (χ0v) is 15.7. The molecule has 112 valence electrons. The van der Waals surface area contributed by atoms with Crippen molar-refractivity contribution in [2.24, 2.45) is 0 Å². The van der Waals surface area contributed by atoms with E-state index in [4.69, 9.17) is 27.0 Å². The predicted octanol–water partition coefficient (Wildman–Crippen LogP) is 4.77. The van der Waals surface area contributed by atoms with Gasteiger partial charge in [-0.25, -0.2) is 8.42 Å². The number of nitrogens with zero attached hydrogens (tertiary/aromatic N) is 1. The van der Waals surface area contributed by atoms with Gasteiger partial charge in [-0.3, -0.25) is 4.98 Å². The van der Waals surface area contributed by atoms with Gasteiger partial charge in [-0.1, -0.05) is 27.5 Å². The van der Waals surface area contributed by atoms with Crippen molar-refractivity contribution in [2.75, 3.05) is 0 Å². The molecule has 4 nitrogen and oxygen atoms in total. The second-order valence-electron chi connectivity index (χ2n) is 3.95. The minimum Gasteiger partial charge on any atom is -0.486 e. The van der Waals surface area contributed by atoms with Crippen molar-refractivity contribution in [1.82, 2.24) is 4.98 Å². The summed E-state index contributed by atoms with van der Waals surface area (Å²) in [5.41, 5.74) is 0.751. The molecule has 0 atom stereocenters. The second kappa shape index (κ2) is 6.83. The predicted molar refractivity (Wildman–Crippen MR) is 88.5 cm³/mol. The minimum atomic E-state index is -3.98. The minimum absolute atomic E-state index is 0.00911. The van der Waals surface area contributed by atoms with Crippen molar-refractivity contribution in [3.05, 3.63) is 50.1 Å². The average molecular weight is 476 g/mol. The molecule has 0 fully saturated rings. The lowest BCUT2D eigenvalue weighted by Crippen LogP contribution is -2.02. The smallest absolute Gasteiger partial charge is 0.265 e. The van der Waals surface area contributed by atoms with Gasteiger partial charge in [0.25, 0.3) is 9.05 Å². The summed E-state index contributed by atoms with van der Waals surface area (Å²) in [4.78, 5) is 3.80. The molecule has 2 aromatic rings. The molecule has 0 bridgehead atoms. The van der Waals surface area contributed by atoms with E-state index in [0.29, 0.717) is 4.47 Å². The van der Waals surface area contributed by atoms with Crippen molar-refractivity contribution in [3.63, 3.8) is 0 Å². The number of benzene rings is 1. The van der Waals surface area contributed by atoms with Crippen LogP contribution in [-0.4, -0.2) is 13.4 Å². The molecule has 0 aliphatic heterocycles. The first-order chi connectivity index (χ1) is 9.77. The molecule has 0 spiro atoms. The number of halogens is 4. The second-order valence-corrected chi connectivity index (χ2v) is 8.73. The molecule has 0 N–H and O–H groups in total. The monoisotopic (exact) mass is 473 g/mol. The summed E-state index contributed by atoms with van der Waals surface area (Å²) in [5.74, 6) is 0.00911. The van der Waals surface area contributed by atoms with Gasteiger partial charge in [-0.15, -0.1) is 0 Å². The van der Waals surface area contributed by atoms with Crippen LogP contribution in [-0.2, 0) is 15.7 Å².